The van der Waals surface area contributed by atoms with Crippen molar-refractivity contribution < 1.29 is 28.4 Å². The van der Waals surface area contributed by atoms with E-state index in [-0.39, 0.29) is 11.7 Å². The van der Waals surface area contributed by atoms with Gasteiger partial charge in [-0.25, -0.2) is 9.59 Å². The summed E-state index contributed by atoms with van der Waals surface area (Å²) in [6.45, 7) is 3.58. The Kier molecular flexibility index (Phi) is 7.86. The summed E-state index contributed by atoms with van der Waals surface area (Å²) >= 11 is 0. The van der Waals surface area contributed by atoms with Crippen molar-refractivity contribution in [3.05, 3.63) is 60.4 Å². The summed E-state index contributed by atoms with van der Waals surface area (Å²) in [5.41, 5.74) is 2.29. The summed E-state index contributed by atoms with van der Waals surface area (Å²) in [6.07, 6.45) is 0. The number of carbonyl (C=O) groups excluding carboxylic acids is 3. The number of hydrogen-bond acceptors (Lipinski definition) is 7. The van der Waals surface area contributed by atoms with Gasteiger partial charge in [0.15, 0.2) is 0 Å². The number of methoxy groups -OCH3 is 2. The van der Waals surface area contributed by atoms with E-state index in [2.05, 4.69) is 21.1 Å². The fourth-order valence-corrected chi connectivity index (χ4v) is 3.05. The van der Waals surface area contributed by atoms with Crippen LogP contribution in [0.25, 0.3) is 11.3 Å². The standard InChI is InChI=1S/C24H26N4O6/c1-14(2)21(23(30)33-4)27-22(29)20-13-19(28-34-20)15-5-7-16(8-6-15)25-24(31)26-17-9-11-18(32-3)12-10-17/h5-14,21H,1-4H3,(H,27,29)(H2,25,26,31). The second-order valence-electron chi connectivity index (χ2n) is 7.68. The average molecular weight is 466 g/mol. The van der Waals surface area contributed by atoms with Crippen LogP contribution in [0, 0.1) is 5.92 Å². The largest absolute Gasteiger partial charge is 0.497 e. The molecule has 34 heavy (non-hydrogen) atoms. The van der Waals surface area contributed by atoms with E-state index >= 15 is 0 Å². The molecule has 1 atom stereocenters. The van der Waals surface area contributed by atoms with Crippen LogP contribution >= 0.6 is 0 Å². The summed E-state index contributed by atoms with van der Waals surface area (Å²) in [7, 11) is 2.83. The molecule has 10 nitrogen and oxygen atoms in total. The molecule has 1 heterocycles. The molecule has 3 aromatic rings. The number of hydrogen-bond donors (Lipinski definition) is 3. The van der Waals surface area contributed by atoms with E-state index in [9.17, 15) is 14.4 Å². The van der Waals surface area contributed by atoms with Crippen molar-refractivity contribution in [1.29, 1.82) is 0 Å². The number of rotatable bonds is 8. The van der Waals surface area contributed by atoms with Crippen molar-refractivity contribution >= 4 is 29.3 Å². The number of aromatic nitrogens is 1. The predicted octanol–water partition coefficient (Wildman–Crippen LogP) is 3.92. The van der Waals surface area contributed by atoms with Crippen LogP contribution in [-0.4, -0.2) is 43.3 Å². The van der Waals surface area contributed by atoms with Gasteiger partial charge in [0.25, 0.3) is 5.91 Å². The van der Waals surface area contributed by atoms with Gasteiger partial charge in [0.2, 0.25) is 5.76 Å². The molecule has 0 fully saturated rings. The Balaban J connectivity index is 1.61. The number of nitrogens with zero attached hydrogens (tertiary/aromatic N) is 1. The maximum absolute atomic E-state index is 12.5. The fourth-order valence-electron chi connectivity index (χ4n) is 3.05. The number of ether oxygens (including phenoxy) is 2. The lowest BCUT2D eigenvalue weighted by atomic mass is 10.0. The maximum Gasteiger partial charge on any atom is 0.328 e. The fraction of sp³-hybridized carbons (Fsp3) is 0.250. The molecule has 0 saturated heterocycles. The highest BCUT2D eigenvalue weighted by Gasteiger charge is 2.27. The van der Waals surface area contributed by atoms with E-state index in [4.69, 9.17) is 14.0 Å². The summed E-state index contributed by atoms with van der Waals surface area (Å²) in [4.78, 5) is 36.5. The van der Waals surface area contributed by atoms with E-state index in [1.165, 1.54) is 13.2 Å². The lowest BCUT2D eigenvalue weighted by Gasteiger charge is -2.18. The van der Waals surface area contributed by atoms with Gasteiger partial charge in [0.05, 0.1) is 14.2 Å². The molecular formula is C24H26N4O6. The lowest BCUT2D eigenvalue weighted by molar-refractivity contribution is -0.144. The highest BCUT2D eigenvalue weighted by molar-refractivity contribution is 6.00. The molecule has 0 spiro atoms. The van der Waals surface area contributed by atoms with Crippen molar-refractivity contribution in [3.63, 3.8) is 0 Å². The number of amides is 3. The van der Waals surface area contributed by atoms with Crippen LogP contribution in [0.1, 0.15) is 24.4 Å². The highest BCUT2D eigenvalue weighted by atomic mass is 16.5. The van der Waals surface area contributed by atoms with Crippen molar-refractivity contribution in [2.75, 3.05) is 24.9 Å². The Morgan fingerprint density at radius 1 is 0.912 bits per heavy atom. The minimum Gasteiger partial charge on any atom is -0.497 e. The summed E-state index contributed by atoms with van der Waals surface area (Å²) in [5.74, 6) is -0.622. The van der Waals surface area contributed by atoms with Crippen LogP contribution in [0.15, 0.2) is 59.1 Å². The minimum absolute atomic E-state index is 0.0365. The topological polar surface area (TPSA) is 132 Å². The number of carbonyl (C=O) groups is 3. The molecule has 1 unspecified atom stereocenters. The van der Waals surface area contributed by atoms with E-state index in [1.54, 1.807) is 69.5 Å². The summed E-state index contributed by atoms with van der Waals surface area (Å²) in [5, 5.41) is 12.0. The number of esters is 1. The molecule has 0 aliphatic heterocycles. The van der Waals surface area contributed by atoms with E-state index in [0.717, 1.165) is 0 Å². The first kappa shape index (κ1) is 24.3. The number of urea groups is 1. The Morgan fingerprint density at radius 2 is 1.50 bits per heavy atom. The molecule has 2 aromatic carbocycles. The van der Waals surface area contributed by atoms with Gasteiger partial charge in [-0.2, -0.15) is 0 Å². The number of benzene rings is 2. The third-order valence-corrected chi connectivity index (χ3v) is 4.93. The molecule has 3 amide bonds. The van der Waals surface area contributed by atoms with Gasteiger partial charge in [-0.3, -0.25) is 4.79 Å². The Morgan fingerprint density at radius 3 is 2.03 bits per heavy atom. The zero-order chi connectivity index (χ0) is 24.7. The normalized spacial score (nSPS) is 11.4. The van der Waals surface area contributed by atoms with Crippen LogP contribution in [0.2, 0.25) is 0 Å². The van der Waals surface area contributed by atoms with Crippen molar-refractivity contribution in [2.24, 2.45) is 5.92 Å². The molecule has 10 heteroatoms. The number of nitrogens with one attached hydrogen (secondary N) is 3. The van der Waals surface area contributed by atoms with E-state index < -0.39 is 23.9 Å². The summed E-state index contributed by atoms with van der Waals surface area (Å²) in [6, 6.07) is 14.1. The van der Waals surface area contributed by atoms with Crippen molar-refractivity contribution in [3.8, 4) is 17.0 Å². The van der Waals surface area contributed by atoms with E-state index in [1.807, 2.05) is 0 Å². The molecule has 0 radical (unpaired) electrons. The van der Waals surface area contributed by atoms with Crippen LogP contribution in [0.5, 0.6) is 5.75 Å². The zero-order valence-corrected chi connectivity index (χ0v) is 19.2. The van der Waals surface area contributed by atoms with Gasteiger partial charge >= 0.3 is 12.0 Å². The van der Waals surface area contributed by atoms with E-state index in [0.29, 0.717) is 28.4 Å². The van der Waals surface area contributed by atoms with Gasteiger partial charge in [-0.1, -0.05) is 31.1 Å². The predicted molar refractivity (Wildman–Crippen MR) is 126 cm³/mol. The molecule has 0 aliphatic rings. The molecule has 178 valence electrons. The molecule has 3 rings (SSSR count). The first-order chi connectivity index (χ1) is 16.3. The van der Waals surface area contributed by atoms with Crippen molar-refractivity contribution in [2.45, 2.75) is 19.9 Å². The quantitative estimate of drug-likeness (QED) is 0.429. The zero-order valence-electron chi connectivity index (χ0n) is 19.2. The van der Waals surface area contributed by atoms with Gasteiger partial charge in [0, 0.05) is 23.0 Å². The van der Waals surface area contributed by atoms with Gasteiger partial charge < -0.3 is 29.9 Å². The SMILES string of the molecule is COC(=O)C(NC(=O)c1cc(-c2ccc(NC(=O)Nc3ccc(OC)cc3)cc2)no1)C(C)C. The molecule has 0 bridgehead atoms. The summed E-state index contributed by atoms with van der Waals surface area (Å²) < 4.78 is 15.0. The van der Waals surface area contributed by atoms with Gasteiger partial charge in [0.1, 0.15) is 17.5 Å². The molecule has 1 aromatic heterocycles. The first-order valence-electron chi connectivity index (χ1n) is 10.5. The lowest BCUT2D eigenvalue weighted by Crippen LogP contribution is -2.44. The van der Waals surface area contributed by atoms with Crippen molar-refractivity contribution in [1.82, 2.24) is 10.5 Å². The molecule has 3 N–H and O–H groups in total. The second kappa shape index (κ2) is 11.0. The Labute approximate surface area is 196 Å². The van der Waals surface area contributed by atoms with Crippen LogP contribution in [0.4, 0.5) is 16.2 Å². The first-order valence-corrected chi connectivity index (χ1v) is 10.5. The molecular weight excluding hydrogens is 440 g/mol. The molecule has 0 saturated carbocycles. The van der Waals surface area contributed by atoms with Crippen LogP contribution < -0.4 is 20.7 Å². The highest BCUT2D eigenvalue weighted by Crippen LogP contribution is 2.22. The minimum atomic E-state index is -0.805. The van der Waals surface area contributed by atoms with Gasteiger partial charge in [-0.15, -0.1) is 0 Å². The van der Waals surface area contributed by atoms with Crippen LogP contribution in [-0.2, 0) is 9.53 Å². The average Bonchev–Trinajstić information content (AvgIpc) is 3.33. The van der Waals surface area contributed by atoms with Gasteiger partial charge in [-0.05, 0) is 42.3 Å². The third-order valence-electron chi connectivity index (χ3n) is 4.93. The number of anilines is 2. The maximum atomic E-state index is 12.5. The monoisotopic (exact) mass is 466 g/mol. The Hall–Kier alpha value is -4.34. The second-order valence-corrected chi connectivity index (χ2v) is 7.68. The third kappa shape index (κ3) is 6.12. The smallest absolute Gasteiger partial charge is 0.328 e. The Bertz CT molecular complexity index is 1140. The molecule has 0 aliphatic carbocycles. The van der Waals surface area contributed by atoms with Crippen LogP contribution in [0.3, 0.4) is 0 Å².